The van der Waals surface area contributed by atoms with E-state index >= 15 is 0 Å². The average Bonchev–Trinajstić information content (AvgIpc) is 3.12. The molecule has 12 heteroatoms. The van der Waals surface area contributed by atoms with E-state index in [9.17, 15) is 24.6 Å². The largest absolute Gasteiger partial charge is 0.388 e. The molecular formula is C17H22ClN5O6. The maximum Gasteiger partial charge on any atom is 0.328 e. The van der Waals surface area contributed by atoms with Crippen molar-refractivity contribution >= 4 is 17.5 Å². The number of hydrogen-bond donors (Lipinski definition) is 4. The summed E-state index contributed by atoms with van der Waals surface area (Å²) in [5.74, 6) is 0.394. The molecule has 11 nitrogen and oxygen atoms in total. The number of carbonyl (C=O) groups excluding carboxylic acids is 1. The predicted molar refractivity (Wildman–Crippen MR) is 102 cm³/mol. The number of aliphatic hydroxyl groups is 2. The monoisotopic (exact) mass is 427 g/mol. The second kappa shape index (κ2) is 8.91. The average molecular weight is 428 g/mol. The molecular weight excluding hydrogens is 406 g/mol. The number of rotatable bonds is 6. The fraction of sp³-hybridized carbons (Fsp3) is 0.529. The Morgan fingerprint density at radius 3 is 2.86 bits per heavy atom. The Morgan fingerprint density at radius 1 is 1.38 bits per heavy atom. The molecule has 1 aliphatic heterocycles. The normalized spacial score (nSPS) is 24.4. The Labute approximate surface area is 169 Å². The first-order chi connectivity index (χ1) is 13.8. The van der Waals surface area contributed by atoms with Gasteiger partial charge in [-0.3, -0.25) is 19.1 Å². The Hall–Kier alpha value is -2.47. The highest BCUT2D eigenvalue weighted by Crippen LogP contribution is 2.17. The number of aryl methyl sites for hydroxylation is 1. The van der Waals surface area contributed by atoms with Crippen LogP contribution in [0.1, 0.15) is 12.7 Å². The highest BCUT2D eigenvalue weighted by molar-refractivity contribution is 6.30. The van der Waals surface area contributed by atoms with Crippen molar-refractivity contribution in [3.05, 3.63) is 50.3 Å². The van der Waals surface area contributed by atoms with Crippen molar-refractivity contribution in [3.63, 3.8) is 0 Å². The van der Waals surface area contributed by atoms with E-state index in [1.165, 1.54) is 0 Å². The molecule has 0 bridgehead atoms. The summed E-state index contributed by atoms with van der Waals surface area (Å²) in [7, 11) is 0. The second-order valence-electron chi connectivity index (χ2n) is 6.74. The molecule has 3 rings (SSSR count). The topological polar surface area (TPSA) is 151 Å². The molecule has 4 atom stereocenters. The molecule has 0 saturated carbocycles. The third-order valence-corrected chi connectivity index (χ3v) is 5.02. The third-order valence-electron chi connectivity index (χ3n) is 4.76. The predicted octanol–water partition coefficient (Wildman–Crippen LogP) is -1.75. The van der Waals surface area contributed by atoms with Gasteiger partial charge in [-0.2, -0.15) is 0 Å². The molecule has 4 N–H and O–H groups in total. The lowest BCUT2D eigenvalue weighted by molar-refractivity contribution is -0.159. The number of carbonyl (C=O) groups is 1. The Bertz CT molecular complexity index is 985. The van der Waals surface area contributed by atoms with Gasteiger partial charge in [-0.25, -0.2) is 9.78 Å². The van der Waals surface area contributed by atoms with Crippen molar-refractivity contribution in [1.82, 2.24) is 24.4 Å². The van der Waals surface area contributed by atoms with E-state index in [-0.39, 0.29) is 30.6 Å². The molecule has 0 aliphatic carbocycles. The first-order valence-corrected chi connectivity index (χ1v) is 9.44. The van der Waals surface area contributed by atoms with Crippen LogP contribution in [0.3, 0.4) is 0 Å². The lowest BCUT2D eigenvalue weighted by Gasteiger charge is -2.38. The number of amides is 1. The summed E-state index contributed by atoms with van der Waals surface area (Å²) in [6.45, 7) is 1.75. The Kier molecular flexibility index (Phi) is 6.52. The zero-order chi connectivity index (χ0) is 21.1. The van der Waals surface area contributed by atoms with E-state index in [1.807, 2.05) is 11.9 Å². The van der Waals surface area contributed by atoms with Gasteiger partial charge >= 0.3 is 5.69 Å². The van der Waals surface area contributed by atoms with Gasteiger partial charge in [0.15, 0.2) is 0 Å². The smallest absolute Gasteiger partial charge is 0.328 e. The van der Waals surface area contributed by atoms with Gasteiger partial charge in [0.2, 0.25) is 5.91 Å². The van der Waals surface area contributed by atoms with Gasteiger partial charge in [0.1, 0.15) is 35.7 Å². The van der Waals surface area contributed by atoms with E-state index in [0.29, 0.717) is 6.42 Å². The van der Waals surface area contributed by atoms with Gasteiger partial charge in [0.25, 0.3) is 5.56 Å². The van der Waals surface area contributed by atoms with Crippen molar-refractivity contribution in [2.24, 2.45) is 0 Å². The van der Waals surface area contributed by atoms with Crippen molar-refractivity contribution in [2.75, 3.05) is 6.61 Å². The molecule has 2 aromatic heterocycles. The number of aromatic nitrogens is 4. The molecule has 1 amide bonds. The number of aliphatic hydroxyl groups excluding tert-OH is 2. The molecule has 0 unspecified atom stereocenters. The molecule has 29 heavy (non-hydrogen) atoms. The number of halogens is 1. The molecule has 0 spiro atoms. The van der Waals surface area contributed by atoms with Crippen LogP contribution in [0.25, 0.3) is 0 Å². The van der Waals surface area contributed by atoms with Gasteiger partial charge in [0.05, 0.1) is 19.2 Å². The molecule has 3 heterocycles. The lowest BCUT2D eigenvalue weighted by atomic mass is 9.98. The molecule has 0 radical (unpaired) electrons. The molecule has 2 aromatic rings. The summed E-state index contributed by atoms with van der Waals surface area (Å²) in [6, 6.07) is -0.821. The summed E-state index contributed by atoms with van der Waals surface area (Å²) >= 11 is 5.72. The van der Waals surface area contributed by atoms with E-state index in [1.54, 1.807) is 17.0 Å². The van der Waals surface area contributed by atoms with Crippen LogP contribution in [0, 0.1) is 0 Å². The van der Waals surface area contributed by atoms with E-state index in [0.717, 1.165) is 16.6 Å². The first-order valence-electron chi connectivity index (χ1n) is 9.06. The van der Waals surface area contributed by atoms with Crippen LogP contribution in [-0.4, -0.2) is 66.2 Å². The van der Waals surface area contributed by atoms with Crippen LogP contribution < -0.4 is 16.6 Å². The van der Waals surface area contributed by atoms with Crippen molar-refractivity contribution < 1.29 is 19.7 Å². The number of H-pyrrole nitrogens is 1. The lowest BCUT2D eigenvalue weighted by Crippen LogP contribution is -2.60. The molecule has 0 aromatic carbocycles. The van der Waals surface area contributed by atoms with Crippen molar-refractivity contribution in [3.8, 4) is 0 Å². The fourth-order valence-corrected chi connectivity index (χ4v) is 3.35. The van der Waals surface area contributed by atoms with Gasteiger partial charge in [0, 0.05) is 25.0 Å². The van der Waals surface area contributed by atoms with Crippen LogP contribution in [0.2, 0.25) is 5.02 Å². The zero-order valence-corrected chi connectivity index (χ0v) is 16.4. The van der Waals surface area contributed by atoms with E-state index in [4.69, 9.17) is 16.3 Å². The van der Waals surface area contributed by atoms with Crippen LogP contribution in [0.4, 0.5) is 0 Å². The third kappa shape index (κ3) is 4.75. The number of hydrogen-bond acceptors (Lipinski definition) is 7. The fourth-order valence-electron chi connectivity index (χ4n) is 3.19. The summed E-state index contributed by atoms with van der Waals surface area (Å²) in [4.78, 5) is 41.7. The molecule has 1 fully saturated rings. The summed E-state index contributed by atoms with van der Waals surface area (Å²) < 4.78 is 8.31. The van der Waals surface area contributed by atoms with Gasteiger partial charge in [-0.15, -0.1) is 0 Å². The van der Waals surface area contributed by atoms with Gasteiger partial charge in [-0.05, 0) is 0 Å². The quantitative estimate of drug-likeness (QED) is 0.427. The van der Waals surface area contributed by atoms with Crippen LogP contribution in [-0.2, 0) is 29.0 Å². The summed E-state index contributed by atoms with van der Waals surface area (Å²) in [5, 5.41) is 23.2. The van der Waals surface area contributed by atoms with Crippen molar-refractivity contribution in [2.45, 2.75) is 50.8 Å². The summed E-state index contributed by atoms with van der Waals surface area (Å²) in [5.41, 5.74) is -1.43. The number of ether oxygens (including phenoxy) is 1. The van der Waals surface area contributed by atoms with E-state index in [2.05, 4.69) is 10.3 Å². The number of imidazole rings is 1. The molecule has 1 saturated heterocycles. The highest BCUT2D eigenvalue weighted by Gasteiger charge is 2.39. The van der Waals surface area contributed by atoms with Crippen LogP contribution >= 0.6 is 11.6 Å². The number of nitrogens with one attached hydrogen (secondary N) is 2. The standard InChI is InChI=1S/C17H22ClN5O6/c1-2-12-19-3-4-22(12)7-13(24)20-10-8-29-11(15(26)14(10)25)6-23-5-9(18)16(27)21-17(23)28/h3-5,10-11,14-15,25-26H,2,6-8H2,1H3,(H,20,24)(H,21,27,28)/t10-,11-,14+,15-/m1/s1. The minimum atomic E-state index is -1.37. The Morgan fingerprint density at radius 2 is 2.14 bits per heavy atom. The van der Waals surface area contributed by atoms with Crippen molar-refractivity contribution in [1.29, 1.82) is 0 Å². The zero-order valence-electron chi connectivity index (χ0n) is 15.6. The second-order valence-corrected chi connectivity index (χ2v) is 7.15. The number of nitrogens with zero attached hydrogens (tertiary/aromatic N) is 3. The Balaban J connectivity index is 1.61. The maximum absolute atomic E-state index is 12.3. The van der Waals surface area contributed by atoms with Gasteiger partial charge in [-0.1, -0.05) is 18.5 Å². The number of aromatic amines is 1. The van der Waals surface area contributed by atoms with Crippen LogP contribution in [0.15, 0.2) is 28.2 Å². The maximum atomic E-state index is 12.3. The minimum absolute atomic E-state index is 0.0250. The van der Waals surface area contributed by atoms with E-state index < -0.39 is 35.6 Å². The summed E-state index contributed by atoms with van der Waals surface area (Å²) in [6.07, 6.45) is 1.48. The highest BCUT2D eigenvalue weighted by atomic mass is 35.5. The van der Waals surface area contributed by atoms with Gasteiger partial charge < -0.3 is 24.8 Å². The molecule has 1 aliphatic rings. The first kappa shape index (κ1) is 21.2. The molecule has 158 valence electrons. The minimum Gasteiger partial charge on any atom is -0.388 e. The van der Waals surface area contributed by atoms with Crippen LogP contribution in [0.5, 0.6) is 0 Å². The SMILES string of the molecule is CCc1nccn1CC(=O)N[C@@H]1CO[C@H](Cn2cc(Cl)c(=O)[nH]c2=O)[C@@H](O)[C@H]1O.